The first-order chi connectivity index (χ1) is 8.22. The Hall–Kier alpha value is -2.03. The van der Waals surface area contributed by atoms with Gasteiger partial charge in [-0.15, -0.1) is 0 Å². The van der Waals surface area contributed by atoms with Crippen molar-refractivity contribution in [1.29, 1.82) is 0 Å². The van der Waals surface area contributed by atoms with Gasteiger partial charge in [0, 0.05) is 11.1 Å². The van der Waals surface area contributed by atoms with Crippen molar-refractivity contribution in [3.63, 3.8) is 0 Å². The van der Waals surface area contributed by atoms with Gasteiger partial charge >= 0.3 is 5.97 Å². The van der Waals surface area contributed by atoms with E-state index in [9.17, 15) is 4.79 Å². The van der Waals surface area contributed by atoms with Crippen LogP contribution in [-0.4, -0.2) is 19.1 Å². The van der Waals surface area contributed by atoms with Gasteiger partial charge in [-0.1, -0.05) is 36.4 Å². The SMILES string of the molecule is COC(=O)[C@@H](C)Nc1cccc2ccccc12. The summed E-state index contributed by atoms with van der Waals surface area (Å²) in [6.07, 6.45) is 0. The maximum atomic E-state index is 11.4. The summed E-state index contributed by atoms with van der Waals surface area (Å²) in [5.41, 5.74) is 0.945. The maximum Gasteiger partial charge on any atom is 0.327 e. The highest BCUT2D eigenvalue weighted by Crippen LogP contribution is 2.23. The monoisotopic (exact) mass is 229 g/mol. The number of hydrogen-bond acceptors (Lipinski definition) is 3. The van der Waals surface area contributed by atoms with Gasteiger partial charge in [0.1, 0.15) is 6.04 Å². The van der Waals surface area contributed by atoms with Crippen LogP contribution in [0, 0.1) is 0 Å². The lowest BCUT2D eigenvalue weighted by Gasteiger charge is -2.14. The second-order valence-corrected chi connectivity index (χ2v) is 3.92. The number of fused-ring (bicyclic) bond motifs is 1. The Morgan fingerprint density at radius 3 is 2.65 bits per heavy atom. The molecule has 0 aliphatic heterocycles. The molecule has 0 unspecified atom stereocenters. The van der Waals surface area contributed by atoms with Crippen molar-refractivity contribution in [1.82, 2.24) is 0 Å². The van der Waals surface area contributed by atoms with Crippen molar-refractivity contribution in [2.75, 3.05) is 12.4 Å². The molecule has 0 amide bonds. The number of hydrogen-bond donors (Lipinski definition) is 1. The summed E-state index contributed by atoms with van der Waals surface area (Å²) >= 11 is 0. The van der Waals surface area contributed by atoms with Gasteiger partial charge in [0.05, 0.1) is 7.11 Å². The van der Waals surface area contributed by atoms with E-state index in [1.165, 1.54) is 7.11 Å². The highest BCUT2D eigenvalue weighted by atomic mass is 16.5. The number of methoxy groups -OCH3 is 1. The molecule has 0 fully saturated rings. The average Bonchev–Trinajstić information content (AvgIpc) is 2.38. The number of rotatable bonds is 3. The number of esters is 1. The standard InChI is InChI=1S/C14H15NO2/c1-10(14(16)17-2)15-13-9-5-7-11-6-3-4-8-12(11)13/h3-10,15H,1-2H3/t10-/m1/s1. The first-order valence-corrected chi connectivity index (χ1v) is 5.54. The molecular weight excluding hydrogens is 214 g/mol. The molecule has 0 aromatic heterocycles. The summed E-state index contributed by atoms with van der Waals surface area (Å²) in [7, 11) is 1.39. The second kappa shape index (κ2) is 4.87. The molecule has 2 aromatic carbocycles. The van der Waals surface area contributed by atoms with E-state index in [1.54, 1.807) is 6.92 Å². The quantitative estimate of drug-likeness (QED) is 0.822. The molecule has 3 nitrogen and oxygen atoms in total. The Morgan fingerprint density at radius 1 is 1.18 bits per heavy atom. The van der Waals surface area contributed by atoms with Crippen LogP contribution in [0.25, 0.3) is 10.8 Å². The largest absolute Gasteiger partial charge is 0.467 e. The van der Waals surface area contributed by atoms with E-state index in [0.717, 1.165) is 16.5 Å². The molecule has 0 aliphatic carbocycles. The smallest absolute Gasteiger partial charge is 0.327 e. The molecular formula is C14H15NO2. The molecule has 0 heterocycles. The minimum atomic E-state index is -0.356. The van der Waals surface area contributed by atoms with Gasteiger partial charge in [-0.05, 0) is 18.4 Å². The summed E-state index contributed by atoms with van der Waals surface area (Å²) < 4.78 is 4.69. The van der Waals surface area contributed by atoms with Crippen molar-refractivity contribution >= 4 is 22.4 Å². The van der Waals surface area contributed by atoms with E-state index >= 15 is 0 Å². The average molecular weight is 229 g/mol. The molecule has 0 bridgehead atoms. The van der Waals surface area contributed by atoms with E-state index in [-0.39, 0.29) is 12.0 Å². The van der Waals surface area contributed by atoms with Gasteiger partial charge in [0.25, 0.3) is 0 Å². The lowest BCUT2D eigenvalue weighted by molar-refractivity contribution is -0.141. The summed E-state index contributed by atoms with van der Waals surface area (Å²) in [5, 5.41) is 5.41. The third-order valence-electron chi connectivity index (χ3n) is 2.72. The Labute approximate surface area is 100 Å². The number of benzene rings is 2. The summed E-state index contributed by atoms with van der Waals surface area (Å²) in [5.74, 6) is -0.266. The Morgan fingerprint density at radius 2 is 1.88 bits per heavy atom. The molecule has 0 aliphatic rings. The van der Waals surface area contributed by atoms with Gasteiger partial charge in [0.2, 0.25) is 0 Å². The first kappa shape index (κ1) is 11.5. The molecule has 0 saturated carbocycles. The van der Waals surface area contributed by atoms with Crippen LogP contribution in [0.5, 0.6) is 0 Å². The molecule has 3 heteroatoms. The van der Waals surface area contributed by atoms with Crippen LogP contribution in [-0.2, 0) is 9.53 Å². The van der Waals surface area contributed by atoms with Crippen molar-refractivity contribution in [2.45, 2.75) is 13.0 Å². The molecule has 88 valence electrons. The van der Waals surface area contributed by atoms with Crippen LogP contribution in [0.1, 0.15) is 6.92 Å². The van der Waals surface area contributed by atoms with Gasteiger partial charge < -0.3 is 10.1 Å². The number of anilines is 1. The Bertz CT molecular complexity index is 531. The van der Waals surface area contributed by atoms with E-state index in [1.807, 2.05) is 42.5 Å². The number of carbonyl (C=O) groups is 1. The Balaban J connectivity index is 2.33. The highest BCUT2D eigenvalue weighted by molar-refractivity contribution is 5.95. The predicted octanol–water partition coefficient (Wildman–Crippen LogP) is 2.81. The number of carbonyl (C=O) groups excluding carboxylic acids is 1. The van der Waals surface area contributed by atoms with E-state index in [2.05, 4.69) is 5.32 Å². The zero-order valence-corrected chi connectivity index (χ0v) is 9.94. The van der Waals surface area contributed by atoms with Crippen molar-refractivity contribution in [3.05, 3.63) is 42.5 Å². The van der Waals surface area contributed by atoms with Crippen LogP contribution in [0.15, 0.2) is 42.5 Å². The lowest BCUT2D eigenvalue weighted by Crippen LogP contribution is -2.27. The maximum absolute atomic E-state index is 11.4. The minimum Gasteiger partial charge on any atom is -0.467 e. The third-order valence-corrected chi connectivity index (χ3v) is 2.72. The predicted molar refractivity (Wildman–Crippen MR) is 69.0 cm³/mol. The van der Waals surface area contributed by atoms with E-state index in [0.29, 0.717) is 0 Å². The highest BCUT2D eigenvalue weighted by Gasteiger charge is 2.13. The van der Waals surface area contributed by atoms with Crippen molar-refractivity contribution in [2.24, 2.45) is 0 Å². The van der Waals surface area contributed by atoms with Gasteiger partial charge in [-0.25, -0.2) is 4.79 Å². The summed E-state index contributed by atoms with van der Waals surface area (Å²) in [6, 6.07) is 13.7. The van der Waals surface area contributed by atoms with Crippen LogP contribution < -0.4 is 5.32 Å². The topological polar surface area (TPSA) is 38.3 Å². The molecule has 0 saturated heterocycles. The summed E-state index contributed by atoms with van der Waals surface area (Å²) in [6.45, 7) is 1.79. The molecule has 1 N–H and O–H groups in total. The Kier molecular flexibility index (Phi) is 3.28. The molecule has 0 spiro atoms. The third kappa shape index (κ3) is 2.38. The molecule has 0 radical (unpaired) electrons. The second-order valence-electron chi connectivity index (χ2n) is 3.92. The molecule has 2 rings (SSSR count). The van der Waals surface area contributed by atoms with Gasteiger partial charge in [0.15, 0.2) is 0 Å². The fourth-order valence-electron chi connectivity index (χ4n) is 1.82. The van der Waals surface area contributed by atoms with Crippen LogP contribution in [0.2, 0.25) is 0 Å². The molecule has 17 heavy (non-hydrogen) atoms. The van der Waals surface area contributed by atoms with E-state index in [4.69, 9.17) is 4.74 Å². The zero-order chi connectivity index (χ0) is 12.3. The fraction of sp³-hybridized carbons (Fsp3) is 0.214. The fourth-order valence-corrected chi connectivity index (χ4v) is 1.82. The number of nitrogens with one attached hydrogen (secondary N) is 1. The van der Waals surface area contributed by atoms with Crippen LogP contribution in [0.3, 0.4) is 0 Å². The van der Waals surface area contributed by atoms with E-state index < -0.39 is 0 Å². The first-order valence-electron chi connectivity index (χ1n) is 5.54. The molecule has 1 atom stereocenters. The minimum absolute atomic E-state index is 0.266. The lowest BCUT2D eigenvalue weighted by atomic mass is 10.1. The van der Waals surface area contributed by atoms with Crippen LogP contribution in [0.4, 0.5) is 5.69 Å². The zero-order valence-electron chi connectivity index (χ0n) is 9.94. The van der Waals surface area contributed by atoms with Gasteiger partial charge in [-0.3, -0.25) is 0 Å². The van der Waals surface area contributed by atoms with Crippen molar-refractivity contribution < 1.29 is 9.53 Å². The summed E-state index contributed by atoms with van der Waals surface area (Å²) in [4.78, 5) is 11.4. The van der Waals surface area contributed by atoms with Crippen LogP contribution >= 0.6 is 0 Å². The normalized spacial score (nSPS) is 12.1. The van der Waals surface area contributed by atoms with Gasteiger partial charge in [-0.2, -0.15) is 0 Å². The molecule has 2 aromatic rings. The van der Waals surface area contributed by atoms with Crippen molar-refractivity contribution in [3.8, 4) is 0 Å². The number of ether oxygens (including phenoxy) is 1.